The summed E-state index contributed by atoms with van der Waals surface area (Å²) in [7, 11) is 0.719. The third-order valence-corrected chi connectivity index (χ3v) is 4.16. The third kappa shape index (κ3) is 2.60. The Morgan fingerprint density at radius 1 is 1.50 bits per heavy atom. The average molecular weight is 324 g/mol. The molecule has 0 aromatic rings. The van der Waals surface area contributed by atoms with E-state index < -0.39 is 34.9 Å². The lowest BCUT2D eigenvalue weighted by molar-refractivity contribution is -0.274. The van der Waals surface area contributed by atoms with E-state index in [0.29, 0.717) is 0 Å². The van der Waals surface area contributed by atoms with Crippen LogP contribution in [-0.2, 0) is 19.1 Å². The van der Waals surface area contributed by atoms with E-state index in [1.165, 1.54) is 6.92 Å². The van der Waals surface area contributed by atoms with Crippen LogP contribution >= 0.6 is 0 Å². The summed E-state index contributed by atoms with van der Waals surface area (Å²) in [5.41, 5.74) is -5.25. The Hall–Kier alpha value is -1.57. The summed E-state index contributed by atoms with van der Waals surface area (Å²) < 4.78 is 48.8. The number of carbonyl (C=O) groups excluding carboxylic acids is 2. The minimum atomic E-state index is -5.33. The summed E-state index contributed by atoms with van der Waals surface area (Å²) in [4.78, 5) is 24.0. The molecule has 0 bridgehead atoms. The predicted octanol–water partition coefficient (Wildman–Crippen LogP) is 1.99. The topological polar surface area (TPSA) is 72.8 Å². The van der Waals surface area contributed by atoms with Gasteiger partial charge in [0.2, 0.25) is 0 Å². The van der Waals surface area contributed by atoms with Crippen LogP contribution < -0.4 is 0 Å². The van der Waals surface area contributed by atoms with Crippen LogP contribution in [0.5, 0.6) is 0 Å². The molecule has 5 nitrogen and oxygen atoms in total. The van der Waals surface area contributed by atoms with E-state index in [4.69, 9.17) is 4.74 Å². The normalized spacial score (nSPS) is 28.1. The summed E-state index contributed by atoms with van der Waals surface area (Å²) >= 11 is 0. The van der Waals surface area contributed by atoms with Crippen molar-refractivity contribution < 1.29 is 37.3 Å². The molecular formula is C14H19F3O5. The molecule has 1 saturated carbocycles. The van der Waals surface area contributed by atoms with Crippen molar-refractivity contribution in [2.45, 2.75) is 38.5 Å². The molecule has 22 heavy (non-hydrogen) atoms. The fraction of sp³-hybridized carbons (Fsp3) is 0.714. The summed E-state index contributed by atoms with van der Waals surface area (Å²) in [6, 6.07) is 0. The molecule has 0 spiro atoms. The van der Waals surface area contributed by atoms with Crippen LogP contribution in [0, 0.1) is 11.3 Å². The minimum absolute atomic E-state index is 0.00921. The Bertz CT molecular complexity index is 487. The Morgan fingerprint density at radius 2 is 2.05 bits per heavy atom. The number of hydrogen-bond donors (Lipinski definition) is 1. The molecule has 3 atom stereocenters. The van der Waals surface area contributed by atoms with Gasteiger partial charge in [0.25, 0.3) is 5.60 Å². The fourth-order valence-electron chi connectivity index (χ4n) is 2.69. The van der Waals surface area contributed by atoms with Gasteiger partial charge in [-0.3, -0.25) is 4.79 Å². The van der Waals surface area contributed by atoms with Crippen LogP contribution in [0.1, 0.15) is 26.7 Å². The molecule has 1 aliphatic carbocycles. The lowest BCUT2D eigenvalue weighted by atomic mass is 9.79. The summed E-state index contributed by atoms with van der Waals surface area (Å²) in [6.45, 7) is 6.81. The first kappa shape index (κ1) is 18.5. The minimum Gasteiger partial charge on any atom is -0.498 e. The van der Waals surface area contributed by atoms with Crippen molar-refractivity contribution in [3.8, 4) is 0 Å². The molecule has 0 amide bonds. The van der Waals surface area contributed by atoms with Crippen LogP contribution in [0.2, 0.25) is 0 Å². The van der Waals surface area contributed by atoms with Gasteiger partial charge in [-0.05, 0) is 26.7 Å². The molecule has 1 aliphatic rings. The Labute approximate surface area is 126 Å². The molecule has 0 saturated heterocycles. The van der Waals surface area contributed by atoms with Gasteiger partial charge in [0, 0.05) is 0 Å². The molecule has 0 aromatic heterocycles. The first-order valence-corrected chi connectivity index (χ1v) is 6.70. The number of allylic oxidation sites excluding steroid dienone is 1. The van der Waals surface area contributed by atoms with E-state index >= 15 is 0 Å². The first-order valence-electron chi connectivity index (χ1n) is 6.70. The Balaban J connectivity index is 3.25. The van der Waals surface area contributed by atoms with Crippen molar-refractivity contribution in [2.75, 3.05) is 13.7 Å². The molecule has 1 N–H and O–H groups in total. The molecule has 0 aliphatic heterocycles. The zero-order chi connectivity index (χ0) is 17.3. The highest BCUT2D eigenvalue weighted by molar-refractivity contribution is 5.97. The maximum Gasteiger partial charge on any atom is 0.428 e. The second-order valence-electron chi connectivity index (χ2n) is 5.40. The fourth-order valence-corrected chi connectivity index (χ4v) is 2.69. The SMILES string of the molecule is C=C(OCC)C1(C)CCC(C(O)(C(=O)OC)C(F)(F)F)C1=O. The van der Waals surface area contributed by atoms with E-state index in [2.05, 4.69) is 11.3 Å². The molecule has 0 heterocycles. The van der Waals surface area contributed by atoms with E-state index in [0.717, 1.165) is 7.11 Å². The monoisotopic (exact) mass is 324 g/mol. The van der Waals surface area contributed by atoms with Gasteiger partial charge in [0.05, 0.1) is 25.0 Å². The van der Waals surface area contributed by atoms with Gasteiger partial charge >= 0.3 is 12.1 Å². The Morgan fingerprint density at radius 3 is 2.45 bits per heavy atom. The molecule has 1 rings (SSSR count). The van der Waals surface area contributed by atoms with Crippen LogP contribution in [0.4, 0.5) is 13.2 Å². The Kier molecular flexibility index (Phi) is 4.96. The maximum atomic E-state index is 13.2. The zero-order valence-electron chi connectivity index (χ0n) is 12.6. The molecule has 126 valence electrons. The van der Waals surface area contributed by atoms with Crippen molar-refractivity contribution in [3.63, 3.8) is 0 Å². The lowest BCUT2D eigenvalue weighted by Gasteiger charge is -2.33. The molecule has 0 radical (unpaired) electrons. The number of methoxy groups -OCH3 is 1. The average Bonchev–Trinajstić information content (AvgIpc) is 2.74. The molecule has 3 unspecified atom stereocenters. The van der Waals surface area contributed by atoms with Gasteiger partial charge < -0.3 is 14.6 Å². The number of ether oxygens (including phenoxy) is 2. The van der Waals surface area contributed by atoms with Gasteiger partial charge in [0.15, 0.2) is 5.78 Å². The number of ketones is 1. The lowest BCUT2D eigenvalue weighted by Crippen LogP contribution is -2.59. The van der Waals surface area contributed by atoms with Crippen molar-refractivity contribution in [1.82, 2.24) is 0 Å². The highest BCUT2D eigenvalue weighted by atomic mass is 19.4. The molecule has 1 fully saturated rings. The highest BCUT2D eigenvalue weighted by Crippen LogP contribution is 2.51. The maximum absolute atomic E-state index is 13.2. The summed E-state index contributed by atoms with van der Waals surface area (Å²) in [5, 5.41) is 9.94. The number of hydrogen-bond acceptors (Lipinski definition) is 5. The van der Waals surface area contributed by atoms with Crippen molar-refractivity contribution >= 4 is 11.8 Å². The van der Waals surface area contributed by atoms with Crippen LogP contribution in [0.15, 0.2) is 12.3 Å². The number of rotatable bonds is 5. The van der Waals surface area contributed by atoms with E-state index in [9.17, 15) is 27.9 Å². The third-order valence-electron chi connectivity index (χ3n) is 4.16. The van der Waals surface area contributed by atoms with Gasteiger partial charge in [-0.15, -0.1) is 0 Å². The van der Waals surface area contributed by atoms with Crippen molar-refractivity contribution in [3.05, 3.63) is 12.3 Å². The molecule has 0 aromatic carbocycles. The molecule has 8 heteroatoms. The largest absolute Gasteiger partial charge is 0.498 e. The summed E-state index contributed by atoms with van der Waals surface area (Å²) in [5.74, 6) is -4.76. The van der Waals surface area contributed by atoms with Crippen LogP contribution in [-0.4, -0.2) is 42.4 Å². The first-order chi connectivity index (χ1) is 9.96. The summed E-state index contributed by atoms with van der Waals surface area (Å²) in [6.07, 6.45) is -5.67. The van der Waals surface area contributed by atoms with Crippen molar-refractivity contribution in [2.24, 2.45) is 11.3 Å². The van der Waals surface area contributed by atoms with Crippen LogP contribution in [0.3, 0.4) is 0 Å². The smallest absolute Gasteiger partial charge is 0.428 e. The van der Waals surface area contributed by atoms with E-state index in [1.54, 1.807) is 6.92 Å². The number of alkyl halides is 3. The second kappa shape index (κ2) is 5.91. The number of carbonyl (C=O) groups is 2. The van der Waals surface area contributed by atoms with Gasteiger partial charge in [-0.2, -0.15) is 13.2 Å². The van der Waals surface area contributed by atoms with Gasteiger partial charge in [-0.25, -0.2) is 4.79 Å². The standard InChI is InChI=1S/C14H19F3O5/c1-5-22-8(2)12(3)7-6-9(10(12)18)13(20,11(19)21-4)14(15,16)17/h9,20H,2,5-7H2,1,3-4H3. The van der Waals surface area contributed by atoms with E-state index in [-0.39, 0.29) is 25.2 Å². The highest BCUT2D eigenvalue weighted by Gasteiger charge is 2.70. The quantitative estimate of drug-likeness (QED) is 0.618. The van der Waals surface area contributed by atoms with E-state index in [1.807, 2.05) is 0 Å². The predicted molar refractivity (Wildman–Crippen MR) is 69.6 cm³/mol. The number of halogens is 3. The number of Topliss-reactive ketones (excluding diaryl/α,β-unsaturated/α-hetero) is 1. The number of aliphatic hydroxyl groups is 1. The van der Waals surface area contributed by atoms with Crippen molar-refractivity contribution in [1.29, 1.82) is 0 Å². The molecular weight excluding hydrogens is 305 g/mol. The van der Waals surface area contributed by atoms with Gasteiger partial charge in [-0.1, -0.05) is 6.58 Å². The van der Waals surface area contributed by atoms with Gasteiger partial charge in [0.1, 0.15) is 5.76 Å². The van der Waals surface area contributed by atoms with Crippen LogP contribution in [0.25, 0.3) is 0 Å². The zero-order valence-corrected chi connectivity index (χ0v) is 12.6. The second-order valence-corrected chi connectivity index (χ2v) is 5.40. The number of esters is 1.